The highest BCUT2D eigenvalue weighted by atomic mass is 16.3. The third-order valence-corrected chi connectivity index (χ3v) is 5.19. The van der Waals surface area contributed by atoms with Crippen LogP contribution in [0.5, 0.6) is 0 Å². The number of aliphatic hydroxyl groups excluding tert-OH is 1. The van der Waals surface area contributed by atoms with Crippen molar-refractivity contribution < 1.29 is 9.90 Å². The molecule has 0 aliphatic carbocycles. The van der Waals surface area contributed by atoms with Crippen LogP contribution in [0.1, 0.15) is 46.3 Å². The number of benzene rings is 2. The molecule has 1 atom stereocenters. The maximum atomic E-state index is 12.6. The summed E-state index contributed by atoms with van der Waals surface area (Å²) in [5.41, 5.74) is 4.26. The Bertz CT molecular complexity index is 742. The van der Waals surface area contributed by atoms with Gasteiger partial charge in [-0.05, 0) is 62.9 Å². The van der Waals surface area contributed by atoms with Gasteiger partial charge in [0.25, 0.3) is 5.91 Å². The second-order valence-corrected chi connectivity index (χ2v) is 7.53. The molecule has 0 saturated carbocycles. The summed E-state index contributed by atoms with van der Waals surface area (Å²) in [5.74, 6) is -0.00334. The van der Waals surface area contributed by atoms with Crippen molar-refractivity contribution >= 4 is 5.91 Å². The summed E-state index contributed by atoms with van der Waals surface area (Å²) in [7, 11) is 0. The Balaban J connectivity index is 1.51. The monoisotopic (exact) mass is 366 g/mol. The van der Waals surface area contributed by atoms with E-state index in [-0.39, 0.29) is 12.0 Å². The maximum absolute atomic E-state index is 12.6. The number of hydrogen-bond acceptors (Lipinski definition) is 3. The van der Waals surface area contributed by atoms with E-state index in [1.54, 1.807) is 0 Å². The molecule has 2 N–H and O–H groups in total. The molecule has 0 radical (unpaired) electrons. The van der Waals surface area contributed by atoms with Crippen LogP contribution < -0.4 is 5.32 Å². The summed E-state index contributed by atoms with van der Waals surface area (Å²) in [6.07, 6.45) is 3.43. The van der Waals surface area contributed by atoms with E-state index >= 15 is 0 Å². The average molecular weight is 367 g/mol. The van der Waals surface area contributed by atoms with Gasteiger partial charge in [0.05, 0.1) is 6.10 Å². The number of aliphatic hydroxyl groups is 1. The highest BCUT2D eigenvalue weighted by molar-refractivity contribution is 5.95. The first-order valence-electron chi connectivity index (χ1n) is 9.94. The Morgan fingerprint density at radius 2 is 1.96 bits per heavy atom. The number of aryl methyl sites for hydroxylation is 1. The molecule has 2 aromatic carbocycles. The molecule has 1 fully saturated rings. The van der Waals surface area contributed by atoms with Crippen molar-refractivity contribution in [3.05, 3.63) is 70.8 Å². The highest BCUT2D eigenvalue weighted by Gasteiger charge is 2.17. The topological polar surface area (TPSA) is 52.6 Å². The molecule has 1 amide bonds. The summed E-state index contributed by atoms with van der Waals surface area (Å²) in [6, 6.07) is 16.3. The van der Waals surface area contributed by atoms with Crippen LogP contribution in [0.25, 0.3) is 0 Å². The molecule has 1 aliphatic heterocycles. The predicted molar refractivity (Wildman–Crippen MR) is 109 cm³/mol. The molecule has 4 heteroatoms. The van der Waals surface area contributed by atoms with E-state index in [1.165, 1.54) is 11.1 Å². The van der Waals surface area contributed by atoms with E-state index in [0.29, 0.717) is 6.54 Å². The third kappa shape index (κ3) is 5.91. The van der Waals surface area contributed by atoms with Gasteiger partial charge < -0.3 is 15.3 Å². The number of nitrogens with one attached hydrogen (secondary N) is 1. The molecule has 3 rings (SSSR count). The first-order valence-corrected chi connectivity index (χ1v) is 9.94. The Morgan fingerprint density at radius 3 is 2.74 bits per heavy atom. The fourth-order valence-electron chi connectivity index (χ4n) is 3.66. The number of carbonyl (C=O) groups excluding carboxylic acids is 1. The SMILES string of the molecule is Cc1ccc(Cc2ccccc2C(=O)NCCCN2CCCC(O)C2)cc1. The van der Waals surface area contributed by atoms with Crippen LogP contribution in [0.2, 0.25) is 0 Å². The second-order valence-electron chi connectivity index (χ2n) is 7.53. The minimum absolute atomic E-state index is 0.00334. The molecule has 0 spiro atoms. The first kappa shape index (κ1) is 19.6. The summed E-state index contributed by atoms with van der Waals surface area (Å²) < 4.78 is 0. The zero-order chi connectivity index (χ0) is 19.1. The molecular weight excluding hydrogens is 336 g/mol. The van der Waals surface area contributed by atoms with Crippen molar-refractivity contribution in [2.24, 2.45) is 0 Å². The Hall–Kier alpha value is -2.17. The van der Waals surface area contributed by atoms with E-state index in [0.717, 1.165) is 56.4 Å². The van der Waals surface area contributed by atoms with Gasteiger partial charge >= 0.3 is 0 Å². The molecule has 0 bridgehead atoms. The third-order valence-electron chi connectivity index (χ3n) is 5.19. The molecule has 0 aromatic heterocycles. The van der Waals surface area contributed by atoms with E-state index in [9.17, 15) is 9.90 Å². The lowest BCUT2D eigenvalue weighted by Gasteiger charge is -2.29. The van der Waals surface area contributed by atoms with Gasteiger partial charge in [0, 0.05) is 18.7 Å². The van der Waals surface area contributed by atoms with Gasteiger partial charge in [-0.2, -0.15) is 0 Å². The first-order chi connectivity index (χ1) is 13.1. The number of amides is 1. The fraction of sp³-hybridized carbons (Fsp3) is 0.435. The number of hydrogen-bond donors (Lipinski definition) is 2. The van der Waals surface area contributed by atoms with Gasteiger partial charge in [0.2, 0.25) is 0 Å². The van der Waals surface area contributed by atoms with E-state index in [1.807, 2.05) is 24.3 Å². The molecule has 144 valence electrons. The zero-order valence-corrected chi connectivity index (χ0v) is 16.2. The van der Waals surface area contributed by atoms with Gasteiger partial charge in [-0.25, -0.2) is 0 Å². The molecule has 1 saturated heterocycles. The normalized spacial score (nSPS) is 17.6. The lowest BCUT2D eigenvalue weighted by atomic mass is 9.98. The van der Waals surface area contributed by atoms with Crippen molar-refractivity contribution in [2.75, 3.05) is 26.2 Å². The number of carbonyl (C=O) groups is 1. The molecule has 27 heavy (non-hydrogen) atoms. The summed E-state index contributed by atoms with van der Waals surface area (Å²) in [5, 5.41) is 12.8. The smallest absolute Gasteiger partial charge is 0.251 e. The van der Waals surface area contributed by atoms with Gasteiger partial charge in [-0.1, -0.05) is 48.0 Å². The van der Waals surface area contributed by atoms with Crippen LogP contribution in [0.4, 0.5) is 0 Å². The lowest BCUT2D eigenvalue weighted by molar-refractivity contribution is 0.0697. The van der Waals surface area contributed by atoms with Gasteiger partial charge in [0.1, 0.15) is 0 Å². The molecule has 4 nitrogen and oxygen atoms in total. The van der Waals surface area contributed by atoms with Crippen molar-refractivity contribution in [1.29, 1.82) is 0 Å². The molecule has 1 heterocycles. The van der Waals surface area contributed by atoms with Crippen molar-refractivity contribution in [3.63, 3.8) is 0 Å². The summed E-state index contributed by atoms with van der Waals surface area (Å²) in [4.78, 5) is 14.9. The van der Waals surface area contributed by atoms with Crippen LogP contribution >= 0.6 is 0 Å². The van der Waals surface area contributed by atoms with Crippen LogP contribution in [0.3, 0.4) is 0 Å². The van der Waals surface area contributed by atoms with Crippen molar-refractivity contribution in [1.82, 2.24) is 10.2 Å². The summed E-state index contributed by atoms with van der Waals surface area (Å²) in [6.45, 7) is 5.46. The van der Waals surface area contributed by atoms with Gasteiger partial charge in [0.15, 0.2) is 0 Å². The number of nitrogens with zero attached hydrogens (tertiary/aromatic N) is 1. The number of likely N-dealkylation sites (tertiary alicyclic amines) is 1. The largest absolute Gasteiger partial charge is 0.392 e. The van der Waals surface area contributed by atoms with Crippen LogP contribution in [0.15, 0.2) is 48.5 Å². The summed E-state index contributed by atoms with van der Waals surface area (Å²) >= 11 is 0. The Kier molecular flexibility index (Phi) is 7.02. The highest BCUT2D eigenvalue weighted by Crippen LogP contribution is 2.15. The van der Waals surface area contributed by atoms with E-state index < -0.39 is 0 Å². The Labute approximate surface area is 162 Å². The Morgan fingerprint density at radius 1 is 1.19 bits per heavy atom. The van der Waals surface area contributed by atoms with Crippen molar-refractivity contribution in [3.8, 4) is 0 Å². The maximum Gasteiger partial charge on any atom is 0.251 e. The van der Waals surface area contributed by atoms with Crippen molar-refractivity contribution in [2.45, 2.75) is 38.7 Å². The van der Waals surface area contributed by atoms with Gasteiger partial charge in [-0.3, -0.25) is 4.79 Å². The van der Waals surface area contributed by atoms with Crippen LogP contribution in [-0.4, -0.2) is 48.2 Å². The van der Waals surface area contributed by atoms with E-state index in [4.69, 9.17) is 0 Å². The predicted octanol–water partition coefficient (Wildman–Crippen LogP) is 3.16. The quantitative estimate of drug-likeness (QED) is 0.740. The van der Waals surface area contributed by atoms with Gasteiger partial charge in [-0.15, -0.1) is 0 Å². The second kappa shape index (κ2) is 9.67. The standard InChI is InChI=1S/C23H30N2O2/c1-18-9-11-19(12-10-18)16-20-6-2-3-8-22(20)23(27)24-13-5-15-25-14-4-7-21(26)17-25/h2-3,6,8-12,21,26H,4-5,7,13-17H2,1H3,(H,24,27). The van der Waals surface area contributed by atoms with Crippen LogP contribution in [-0.2, 0) is 6.42 Å². The number of rotatable bonds is 7. The number of piperidine rings is 1. The molecular formula is C23H30N2O2. The molecule has 2 aromatic rings. The van der Waals surface area contributed by atoms with Crippen LogP contribution in [0, 0.1) is 6.92 Å². The number of β-amino-alcohol motifs (C(OH)–C–C–N with tert-alkyl or cyclic N) is 1. The molecule has 1 aliphatic rings. The van der Waals surface area contributed by atoms with E-state index in [2.05, 4.69) is 41.4 Å². The lowest BCUT2D eigenvalue weighted by Crippen LogP contribution is -2.39. The zero-order valence-electron chi connectivity index (χ0n) is 16.2. The molecule has 1 unspecified atom stereocenters. The minimum atomic E-state index is -0.193. The minimum Gasteiger partial charge on any atom is -0.392 e. The fourth-order valence-corrected chi connectivity index (χ4v) is 3.66. The average Bonchev–Trinajstić information content (AvgIpc) is 2.67.